The van der Waals surface area contributed by atoms with Crippen LogP contribution in [0.15, 0.2) is 30.3 Å². The summed E-state index contributed by atoms with van der Waals surface area (Å²) in [6.45, 7) is 0. The highest BCUT2D eigenvalue weighted by Gasteiger charge is 1.98. The molecule has 0 fully saturated rings. The molecule has 0 aliphatic carbocycles. The molecule has 1 aromatic carbocycles. The molecule has 0 N–H and O–H groups in total. The highest BCUT2D eigenvalue weighted by molar-refractivity contribution is 7.85. The van der Waals surface area contributed by atoms with Crippen LogP contribution >= 0.6 is 11.6 Å². The van der Waals surface area contributed by atoms with Gasteiger partial charge < -0.3 is 0 Å². The van der Waals surface area contributed by atoms with Gasteiger partial charge in [0.05, 0.1) is 0 Å². The largest absolute Gasteiger partial charge is 0.260 e. The van der Waals surface area contributed by atoms with Gasteiger partial charge in [0.25, 0.3) is 0 Å². The fourth-order valence-corrected chi connectivity index (χ4v) is 2.42. The van der Waals surface area contributed by atoms with Crippen molar-refractivity contribution in [1.29, 1.82) is 0 Å². The van der Waals surface area contributed by atoms with E-state index in [9.17, 15) is 4.21 Å². The first-order valence-corrected chi connectivity index (χ1v) is 6.30. The third-order valence-electron chi connectivity index (χ3n) is 1.77. The minimum Gasteiger partial charge on any atom is -0.260 e. The molecule has 1 unspecified atom stereocenters. The van der Waals surface area contributed by atoms with Gasteiger partial charge in [0.1, 0.15) is 0 Å². The van der Waals surface area contributed by atoms with Gasteiger partial charge in [0.2, 0.25) is 0 Å². The lowest BCUT2D eigenvalue weighted by atomic mass is 10.2. The normalized spacial score (nSPS) is 12.7. The van der Waals surface area contributed by atoms with E-state index in [4.69, 9.17) is 11.6 Å². The molecule has 0 bridgehead atoms. The standard InChI is InChI=1S/C10H13ClOS/c11-7-9-13(12)8-6-10-4-2-1-3-5-10/h1-5H,6-9H2. The van der Waals surface area contributed by atoms with Crippen LogP contribution in [0.3, 0.4) is 0 Å². The molecule has 0 saturated carbocycles. The molecule has 72 valence electrons. The van der Waals surface area contributed by atoms with E-state index in [0.717, 1.165) is 12.2 Å². The molecule has 0 radical (unpaired) electrons. The summed E-state index contributed by atoms with van der Waals surface area (Å²) in [6.07, 6.45) is 0.879. The maximum atomic E-state index is 11.2. The predicted octanol–water partition coefficient (Wildman–Crippen LogP) is 2.22. The Morgan fingerprint density at radius 2 is 1.85 bits per heavy atom. The minimum atomic E-state index is -0.752. The number of rotatable bonds is 5. The second kappa shape index (κ2) is 6.17. The molecular formula is C10H13ClOS. The van der Waals surface area contributed by atoms with Crippen LogP contribution in [0.1, 0.15) is 5.56 Å². The molecule has 0 amide bonds. The molecule has 0 heterocycles. The van der Waals surface area contributed by atoms with Crippen LogP contribution in [0.25, 0.3) is 0 Å². The number of alkyl halides is 1. The van der Waals surface area contributed by atoms with E-state index in [1.54, 1.807) is 0 Å². The van der Waals surface area contributed by atoms with Gasteiger partial charge in [-0.1, -0.05) is 30.3 Å². The fourth-order valence-electron chi connectivity index (χ4n) is 1.06. The van der Waals surface area contributed by atoms with Gasteiger partial charge in [-0.25, -0.2) is 0 Å². The van der Waals surface area contributed by atoms with Crippen LogP contribution in [0, 0.1) is 0 Å². The number of hydrogen-bond acceptors (Lipinski definition) is 1. The Balaban J connectivity index is 2.31. The first-order chi connectivity index (χ1) is 6.33. The molecule has 1 aromatic rings. The maximum absolute atomic E-state index is 11.2. The molecular weight excluding hydrogens is 204 g/mol. The minimum absolute atomic E-state index is 0.488. The van der Waals surface area contributed by atoms with E-state index in [1.807, 2.05) is 18.2 Å². The van der Waals surface area contributed by atoms with Gasteiger partial charge >= 0.3 is 0 Å². The summed E-state index contributed by atoms with van der Waals surface area (Å²) in [6, 6.07) is 10.1. The summed E-state index contributed by atoms with van der Waals surface area (Å²) in [5.74, 6) is 1.81. The lowest BCUT2D eigenvalue weighted by Gasteiger charge is -2.00. The summed E-state index contributed by atoms with van der Waals surface area (Å²) in [5, 5.41) is 0. The predicted molar refractivity (Wildman–Crippen MR) is 58.7 cm³/mol. The summed E-state index contributed by atoms with van der Waals surface area (Å²) < 4.78 is 11.2. The van der Waals surface area contributed by atoms with Crippen molar-refractivity contribution in [3.05, 3.63) is 35.9 Å². The fraction of sp³-hybridized carbons (Fsp3) is 0.400. The van der Waals surface area contributed by atoms with Crippen molar-refractivity contribution in [2.45, 2.75) is 6.42 Å². The average Bonchev–Trinajstić information content (AvgIpc) is 2.17. The van der Waals surface area contributed by atoms with Crippen LogP contribution in [-0.4, -0.2) is 21.6 Å². The summed E-state index contributed by atoms with van der Waals surface area (Å²) >= 11 is 5.49. The SMILES string of the molecule is O=S(CCCl)CCc1ccccc1. The second-order valence-electron chi connectivity index (χ2n) is 2.77. The molecule has 1 nitrogen and oxygen atoms in total. The highest BCUT2D eigenvalue weighted by atomic mass is 35.5. The first-order valence-electron chi connectivity index (χ1n) is 4.28. The van der Waals surface area contributed by atoms with Gasteiger partial charge in [-0.05, 0) is 12.0 Å². The van der Waals surface area contributed by atoms with Crippen LogP contribution in [0.4, 0.5) is 0 Å². The van der Waals surface area contributed by atoms with E-state index in [-0.39, 0.29) is 0 Å². The number of benzene rings is 1. The Hall–Kier alpha value is -0.340. The molecule has 1 atom stereocenters. The van der Waals surface area contributed by atoms with E-state index < -0.39 is 10.8 Å². The van der Waals surface area contributed by atoms with Crippen LogP contribution < -0.4 is 0 Å². The van der Waals surface area contributed by atoms with E-state index >= 15 is 0 Å². The van der Waals surface area contributed by atoms with Crippen LogP contribution in [-0.2, 0) is 17.2 Å². The summed E-state index contributed by atoms with van der Waals surface area (Å²) in [5.41, 5.74) is 1.24. The van der Waals surface area contributed by atoms with Crippen molar-refractivity contribution in [2.24, 2.45) is 0 Å². The topological polar surface area (TPSA) is 17.1 Å². The molecule has 0 saturated heterocycles. The van der Waals surface area contributed by atoms with Crippen molar-refractivity contribution >= 4 is 22.4 Å². The molecule has 0 aliphatic rings. The van der Waals surface area contributed by atoms with Gasteiger partial charge in [0.15, 0.2) is 0 Å². The molecule has 0 spiro atoms. The number of hydrogen-bond donors (Lipinski definition) is 0. The zero-order valence-corrected chi connectivity index (χ0v) is 8.98. The van der Waals surface area contributed by atoms with E-state index in [1.165, 1.54) is 5.56 Å². The molecule has 13 heavy (non-hydrogen) atoms. The van der Waals surface area contributed by atoms with E-state index in [2.05, 4.69) is 12.1 Å². The zero-order chi connectivity index (χ0) is 9.52. The second-order valence-corrected chi connectivity index (χ2v) is 4.85. The zero-order valence-electron chi connectivity index (χ0n) is 7.41. The van der Waals surface area contributed by atoms with Gasteiger partial charge in [-0.15, -0.1) is 11.6 Å². The quantitative estimate of drug-likeness (QED) is 0.690. The Morgan fingerprint density at radius 3 is 2.46 bits per heavy atom. The lowest BCUT2D eigenvalue weighted by Crippen LogP contribution is -2.05. The first kappa shape index (κ1) is 10.7. The van der Waals surface area contributed by atoms with Gasteiger partial charge in [0, 0.05) is 28.2 Å². The molecule has 0 aliphatic heterocycles. The lowest BCUT2D eigenvalue weighted by molar-refractivity contribution is 0.683. The monoisotopic (exact) mass is 216 g/mol. The Morgan fingerprint density at radius 1 is 1.15 bits per heavy atom. The Kier molecular flexibility index (Phi) is 5.09. The molecule has 1 rings (SSSR count). The number of halogens is 1. The smallest absolute Gasteiger partial charge is 0.0370 e. The van der Waals surface area contributed by atoms with Crippen molar-refractivity contribution in [2.75, 3.05) is 17.4 Å². The van der Waals surface area contributed by atoms with Crippen molar-refractivity contribution in [3.8, 4) is 0 Å². The molecule has 3 heteroatoms. The van der Waals surface area contributed by atoms with Crippen LogP contribution in [0.5, 0.6) is 0 Å². The third kappa shape index (κ3) is 4.44. The van der Waals surface area contributed by atoms with Crippen molar-refractivity contribution < 1.29 is 4.21 Å². The van der Waals surface area contributed by atoms with Gasteiger partial charge in [-0.3, -0.25) is 4.21 Å². The van der Waals surface area contributed by atoms with E-state index in [0.29, 0.717) is 11.6 Å². The van der Waals surface area contributed by atoms with Crippen molar-refractivity contribution in [1.82, 2.24) is 0 Å². The number of aryl methyl sites for hydroxylation is 1. The Labute approximate surface area is 86.6 Å². The third-order valence-corrected chi connectivity index (χ3v) is 3.50. The van der Waals surface area contributed by atoms with Crippen molar-refractivity contribution in [3.63, 3.8) is 0 Å². The average molecular weight is 217 g/mol. The summed E-state index contributed by atoms with van der Waals surface area (Å²) in [4.78, 5) is 0. The molecule has 0 aromatic heterocycles. The summed E-state index contributed by atoms with van der Waals surface area (Å²) in [7, 11) is -0.752. The van der Waals surface area contributed by atoms with Gasteiger partial charge in [-0.2, -0.15) is 0 Å². The highest BCUT2D eigenvalue weighted by Crippen LogP contribution is 2.00. The maximum Gasteiger partial charge on any atom is 0.0370 e. The Bertz CT molecular complexity index is 261. The van der Waals surface area contributed by atoms with Crippen LogP contribution in [0.2, 0.25) is 0 Å².